The zero-order chi connectivity index (χ0) is 17.0. The van der Waals surface area contributed by atoms with Crippen LogP contribution in [0.1, 0.15) is 29.8 Å². The van der Waals surface area contributed by atoms with Gasteiger partial charge in [0.05, 0.1) is 11.0 Å². The molecular formula is C17H18N2O4. The Morgan fingerprint density at radius 3 is 2.35 bits per heavy atom. The van der Waals surface area contributed by atoms with Crippen LogP contribution in [0, 0.1) is 17.0 Å². The number of carbonyl (C=O) groups is 1. The molecule has 0 aliphatic carbocycles. The fourth-order valence-corrected chi connectivity index (χ4v) is 2.09. The van der Waals surface area contributed by atoms with Gasteiger partial charge in [0, 0.05) is 22.9 Å². The van der Waals surface area contributed by atoms with E-state index in [9.17, 15) is 14.9 Å². The van der Waals surface area contributed by atoms with Gasteiger partial charge in [-0.3, -0.25) is 14.9 Å². The average Bonchev–Trinajstić information content (AvgIpc) is 2.48. The maximum absolute atomic E-state index is 12.2. The van der Waals surface area contributed by atoms with E-state index in [0.29, 0.717) is 16.8 Å². The summed E-state index contributed by atoms with van der Waals surface area (Å²) in [5.41, 5.74) is 1.44. The second kappa shape index (κ2) is 6.91. The molecule has 6 heteroatoms. The van der Waals surface area contributed by atoms with Crippen LogP contribution in [0.2, 0.25) is 0 Å². The van der Waals surface area contributed by atoms with Gasteiger partial charge >= 0.3 is 0 Å². The van der Waals surface area contributed by atoms with Crippen molar-refractivity contribution in [2.45, 2.75) is 26.9 Å². The van der Waals surface area contributed by atoms with Gasteiger partial charge in [-0.25, -0.2) is 0 Å². The standard InChI is InChI=1S/C17H18N2O4/c1-11(2)23-15-7-5-14(6-8-15)18-17(20)13-4-9-16(19(21)22)12(3)10-13/h4-11H,1-3H3,(H,18,20). The van der Waals surface area contributed by atoms with Crippen molar-refractivity contribution in [3.8, 4) is 5.75 Å². The molecule has 1 amide bonds. The van der Waals surface area contributed by atoms with E-state index in [-0.39, 0.29) is 17.7 Å². The van der Waals surface area contributed by atoms with E-state index >= 15 is 0 Å². The second-order valence-electron chi connectivity index (χ2n) is 5.40. The predicted molar refractivity (Wildman–Crippen MR) is 88.0 cm³/mol. The van der Waals surface area contributed by atoms with E-state index in [4.69, 9.17) is 4.74 Å². The molecule has 0 aliphatic heterocycles. The van der Waals surface area contributed by atoms with Crippen molar-refractivity contribution in [2.75, 3.05) is 5.32 Å². The van der Waals surface area contributed by atoms with Crippen molar-refractivity contribution in [1.82, 2.24) is 0 Å². The molecule has 1 N–H and O–H groups in total. The number of rotatable bonds is 5. The molecule has 0 bridgehead atoms. The molecule has 0 fully saturated rings. The van der Waals surface area contributed by atoms with Gasteiger partial charge < -0.3 is 10.1 Å². The van der Waals surface area contributed by atoms with Gasteiger partial charge in [-0.15, -0.1) is 0 Å². The molecule has 0 radical (unpaired) electrons. The lowest BCUT2D eigenvalue weighted by molar-refractivity contribution is -0.385. The minimum absolute atomic E-state index is 0.00302. The number of nitro benzene ring substituents is 1. The van der Waals surface area contributed by atoms with Gasteiger partial charge in [-0.1, -0.05) is 0 Å². The summed E-state index contributed by atoms with van der Waals surface area (Å²) in [7, 11) is 0. The summed E-state index contributed by atoms with van der Waals surface area (Å²) in [5, 5.41) is 13.5. The smallest absolute Gasteiger partial charge is 0.272 e. The second-order valence-corrected chi connectivity index (χ2v) is 5.40. The normalized spacial score (nSPS) is 10.4. The fraction of sp³-hybridized carbons (Fsp3) is 0.235. The number of hydrogen-bond acceptors (Lipinski definition) is 4. The summed E-state index contributed by atoms with van der Waals surface area (Å²) < 4.78 is 5.53. The van der Waals surface area contributed by atoms with Crippen LogP contribution < -0.4 is 10.1 Å². The number of benzene rings is 2. The lowest BCUT2D eigenvalue weighted by Gasteiger charge is -2.11. The van der Waals surface area contributed by atoms with Crippen LogP contribution in [-0.4, -0.2) is 16.9 Å². The van der Waals surface area contributed by atoms with Crippen molar-refractivity contribution < 1.29 is 14.5 Å². The fourth-order valence-electron chi connectivity index (χ4n) is 2.09. The monoisotopic (exact) mass is 314 g/mol. The van der Waals surface area contributed by atoms with Crippen molar-refractivity contribution in [3.05, 3.63) is 63.7 Å². The number of aryl methyl sites for hydroxylation is 1. The Hall–Kier alpha value is -2.89. The van der Waals surface area contributed by atoms with Crippen LogP contribution in [0.25, 0.3) is 0 Å². The zero-order valence-electron chi connectivity index (χ0n) is 13.2. The molecule has 23 heavy (non-hydrogen) atoms. The molecule has 0 spiro atoms. The SMILES string of the molecule is Cc1cc(C(=O)Nc2ccc(OC(C)C)cc2)ccc1[N+](=O)[O-]. The number of nitro groups is 1. The molecule has 0 heterocycles. The van der Waals surface area contributed by atoms with Crippen molar-refractivity contribution >= 4 is 17.3 Å². The number of ether oxygens (including phenoxy) is 1. The van der Waals surface area contributed by atoms with Gasteiger partial charge in [0.15, 0.2) is 0 Å². The molecular weight excluding hydrogens is 296 g/mol. The van der Waals surface area contributed by atoms with Crippen LogP contribution in [0.3, 0.4) is 0 Å². The summed E-state index contributed by atoms with van der Waals surface area (Å²) >= 11 is 0. The Kier molecular flexibility index (Phi) is 4.95. The third kappa shape index (κ3) is 4.29. The van der Waals surface area contributed by atoms with Gasteiger partial charge in [0.1, 0.15) is 5.75 Å². The molecule has 2 rings (SSSR count). The molecule has 2 aromatic carbocycles. The molecule has 0 aromatic heterocycles. The minimum atomic E-state index is -0.468. The maximum Gasteiger partial charge on any atom is 0.272 e. The van der Waals surface area contributed by atoms with Crippen molar-refractivity contribution in [3.63, 3.8) is 0 Å². The van der Waals surface area contributed by atoms with Crippen LogP contribution in [0.5, 0.6) is 5.75 Å². The van der Waals surface area contributed by atoms with Gasteiger partial charge in [0.25, 0.3) is 11.6 Å². The Bertz CT molecular complexity index is 724. The quantitative estimate of drug-likeness (QED) is 0.669. The van der Waals surface area contributed by atoms with Crippen LogP contribution in [0.15, 0.2) is 42.5 Å². The van der Waals surface area contributed by atoms with Crippen LogP contribution in [-0.2, 0) is 0 Å². The topological polar surface area (TPSA) is 81.5 Å². The number of amides is 1. The van der Waals surface area contributed by atoms with Gasteiger partial charge in [0.2, 0.25) is 0 Å². The third-order valence-corrected chi connectivity index (χ3v) is 3.14. The van der Waals surface area contributed by atoms with E-state index in [0.717, 1.165) is 5.75 Å². The molecule has 0 atom stereocenters. The number of anilines is 1. The summed E-state index contributed by atoms with van der Waals surface area (Å²) in [6.07, 6.45) is 0.0820. The number of nitrogens with one attached hydrogen (secondary N) is 1. The highest BCUT2D eigenvalue weighted by atomic mass is 16.6. The molecule has 0 unspecified atom stereocenters. The Morgan fingerprint density at radius 1 is 1.17 bits per heavy atom. The number of carbonyl (C=O) groups excluding carboxylic acids is 1. The van der Waals surface area contributed by atoms with Gasteiger partial charge in [-0.2, -0.15) is 0 Å². The molecule has 6 nitrogen and oxygen atoms in total. The minimum Gasteiger partial charge on any atom is -0.491 e. The Balaban J connectivity index is 2.10. The van der Waals surface area contributed by atoms with E-state index in [1.54, 1.807) is 31.2 Å². The van der Waals surface area contributed by atoms with E-state index < -0.39 is 4.92 Å². The molecule has 0 saturated heterocycles. The summed E-state index contributed by atoms with van der Waals surface area (Å²) in [4.78, 5) is 22.5. The van der Waals surface area contributed by atoms with E-state index in [2.05, 4.69) is 5.32 Å². The third-order valence-electron chi connectivity index (χ3n) is 3.14. The van der Waals surface area contributed by atoms with E-state index in [1.165, 1.54) is 18.2 Å². The van der Waals surface area contributed by atoms with Crippen molar-refractivity contribution in [1.29, 1.82) is 0 Å². The first-order valence-corrected chi connectivity index (χ1v) is 7.20. The Labute approximate surface area is 134 Å². The lowest BCUT2D eigenvalue weighted by Crippen LogP contribution is -2.12. The first-order valence-electron chi connectivity index (χ1n) is 7.20. The summed E-state index contributed by atoms with van der Waals surface area (Å²) in [6, 6.07) is 11.3. The van der Waals surface area contributed by atoms with Crippen LogP contribution in [0.4, 0.5) is 11.4 Å². The Morgan fingerprint density at radius 2 is 1.83 bits per heavy atom. The summed E-state index contributed by atoms with van der Waals surface area (Å²) in [6.45, 7) is 5.48. The zero-order valence-corrected chi connectivity index (χ0v) is 13.2. The summed E-state index contributed by atoms with van der Waals surface area (Å²) in [5.74, 6) is 0.407. The maximum atomic E-state index is 12.2. The molecule has 120 valence electrons. The lowest BCUT2D eigenvalue weighted by atomic mass is 10.1. The largest absolute Gasteiger partial charge is 0.491 e. The molecule has 2 aromatic rings. The predicted octanol–water partition coefficient (Wildman–Crippen LogP) is 3.94. The highest BCUT2D eigenvalue weighted by Crippen LogP contribution is 2.21. The first-order chi connectivity index (χ1) is 10.9. The number of hydrogen-bond donors (Lipinski definition) is 1. The molecule has 0 saturated carbocycles. The highest BCUT2D eigenvalue weighted by Gasteiger charge is 2.14. The average molecular weight is 314 g/mol. The first kappa shape index (κ1) is 16.5. The highest BCUT2D eigenvalue weighted by molar-refractivity contribution is 6.04. The van der Waals surface area contributed by atoms with Crippen molar-refractivity contribution in [2.24, 2.45) is 0 Å². The molecule has 0 aliphatic rings. The van der Waals surface area contributed by atoms with Gasteiger partial charge in [-0.05, 0) is 57.2 Å². The number of nitrogens with zero attached hydrogens (tertiary/aromatic N) is 1. The van der Waals surface area contributed by atoms with E-state index in [1.807, 2.05) is 13.8 Å². The van der Waals surface area contributed by atoms with Crippen LogP contribution >= 0.6 is 0 Å².